The van der Waals surface area contributed by atoms with Crippen LogP contribution in [0.3, 0.4) is 0 Å². The van der Waals surface area contributed by atoms with E-state index < -0.39 is 0 Å². The fourth-order valence-corrected chi connectivity index (χ4v) is 1.94. The summed E-state index contributed by atoms with van der Waals surface area (Å²) in [5.74, 6) is 6.42. The minimum Gasteiger partial charge on any atom is -0.423 e. The number of para-hydroxylation sites is 1. The Hall–Kier alpha value is -2.52. The van der Waals surface area contributed by atoms with Crippen LogP contribution in [-0.4, -0.2) is 24.7 Å². The van der Waals surface area contributed by atoms with Crippen molar-refractivity contribution in [2.24, 2.45) is 5.84 Å². The van der Waals surface area contributed by atoms with E-state index in [9.17, 15) is 0 Å². The second kappa shape index (κ2) is 5.85. The molecular weight excluding hydrogens is 338 g/mol. The smallest absolute Gasteiger partial charge is 0.328 e. The van der Waals surface area contributed by atoms with Gasteiger partial charge in [-0.25, -0.2) is 10.5 Å². The van der Waals surface area contributed by atoms with E-state index in [1.807, 2.05) is 18.2 Å². The Kier molecular flexibility index (Phi) is 3.75. The van der Waals surface area contributed by atoms with Crippen molar-refractivity contribution >= 4 is 21.9 Å². The van der Waals surface area contributed by atoms with Gasteiger partial charge in [0.05, 0.1) is 4.47 Å². The predicted octanol–water partition coefficient (Wildman–Crippen LogP) is 1.90. The van der Waals surface area contributed by atoms with E-state index in [-0.39, 0.29) is 12.0 Å². The van der Waals surface area contributed by atoms with Crippen LogP contribution < -0.4 is 16.0 Å². The molecule has 0 aliphatic heterocycles. The van der Waals surface area contributed by atoms with E-state index in [1.54, 1.807) is 24.5 Å². The molecule has 2 heterocycles. The van der Waals surface area contributed by atoms with Crippen molar-refractivity contribution in [2.45, 2.75) is 0 Å². The van der Waals surface area contributed by atoms with E-state index >= 15 is 0 Å². The molecule has 8 nitrogen and oxygen atoms in total. The van der Waals surface area contributed by atoms with Gasteiger partial charge in [0, 0.05) is 12.4 Å². The molecule has 0 radical (unpaired) electrons. The third-order valence-corrected chi connectivity index (χ3v) is 3.13. The van der Waals surface area contributed by atoms with E-state index in [0.29, 0.717) is 11.7 Å². The van der Waals surface area contributed by atoms with Crippen LogP contribution in [0.5, 0.6) is 11.8 Å². The number of hydrogen-bond acceptors (Lipinski definition) is 7. The number of nitrogens with two attached hydrogens (primary N) is 1. The standard InChI is InChI=1S/C12H10BrN7O/c13-8-4-1-2-5-9(8)21-12-17-10(19-14)16-11(18-12)20-7-3-6-15-20/h1-7H,14H2,(H,16,17,18,19). The second-order valence-electron chi connectivity index (χ2n) is 3.87. The van der Waals surface area contributed by atoms with E-state index in [0.717, 1.165) is 4.47 Å². The molecule has 9 heteroatoms. The first-order chi connectivity index (χ1) is 10.3. The van der Waals surface area contributed by atoms with Crippen LogP contribution in [0.1, 0.15) is 0 Å². The Bertz CT molecular complexity index is 747. The van der Waals surface area contributed by atoms with Crippen LogP contribution in [0.25, 0.3) is 5.95 Å². The zero-order valence-corrected chi connectivity index (χ0v) is 12.2. The minimum atomic E-state index is 0.107. The lowest BCUT2D eigenvalue weighted by Gasteiger charge is -2.08. The molecule has 0 aliphatic rings. The Balaban J connectivity index is 1.99. The maximum Gasteiger partial charge on any atom is 0.328 e. The SMILES string of the molecule is NNc1nc(Oc2ccccc2Br)nc(-n2cccn2)n1. The van der Waals surface area contributed by atoms with Crippen molar-refractivity contribution in [1.82, 2.24) is 24.7 Å². The minimum absolute atomic E-state index is 0.107. The highest BCUT2D eigenvalue weighted by Crippen LogP contribution is 2.27. The summed E-state index contributed by atoms with van der Waals surface area (Å²) in [6, 6.07) is 9.23. The maximum absolute atomic E-state index is 5.64. The summed E-state index contributed by atoms with van der Waals surface area (Å²) in [4.78, 5) is 12.4. The Morgan fingerprint density at radius 1 is 1.14 bits per heavy atom. The first-order valence-corrected chi connectivity index (χ1v) is 6.70. The molecule has 2 aromatic heterocycles. The van der Waals surface area contributed by atoms with Crippen LogP contribution in [0.15, 0.2) is 47.2 Å². The predicted molar refractivity (Wildman–Crippen MR) is 79.0 cm³/mol. The molecule has 21 heavy (non-hydrogen) atoms. The number of hydrogen-bond donors (Lipinski definition) is 2. The number of aromatic nitrogens is 5. The molecular formula is C12H10BrN7O. The molecule has 0 atom stereocenters. The highest BCUT2D eigenvalue weighted by Gasteiger charge is 2.11. The number of nitrogens with one attached hydrogen (secondary N) is 1. The van der Waals surface area contributed by atoms with Gasteiger partial charge >= 0.3 is 6.01 Å². The summed E-state index contributed by atoms with van der Waals surface area (Å²) < 4.78 is 7.91. The van der Waals surface area contributed by atoms with Gasteiger partial charge in [-0.05, 0) is 34.1 Å². The number of rotatable bonds is 4. The number of anilines is 1. The Morgan fingerprint density at radius 2 is 2.00 bits per heavy atom. The largest absolute Gasteiger partial charge is 0.423 e. The number of halogens is 1. The lowest BCUT2D eigenvalue weighted by Crippen LogP contribution is -2.14. The molecule has 0 spiro atoms. The van der Waals surface area contributed by atoms with Crippen molar-refractivity contribution < 1.29 is 4.74 Å². The van der Waals surface area contributed by atoms with Crippen molar-refractivity contribution in [1.29, 1.82) is 0 Å². The maximum atomic E-state index is 5.64. The molecule has 0 fully saturated rings. The van der Waals surface area contributed by atoms with Gasteiger partial charge in [-0.1, -0.05) is 12.1 Å². The average Bonchev–Trinajstić information content (AvgIpc) is 3.04. The lowest BCUT2D eigenvalue weighted by molar-refractivity contribution is 0.435. The summed E-state index contributed by atoms with van der Waals surface area (Å²) >= 11 is 3.39. The topological polar surface area (TPSA) is 104 Å². The summed E-state index contributed by atoms with van der Waals surface area (Å²) in [7, 11) is 0. The molecule has 3 aromatic rings. The highest BCUT2D eigenvalue weighted by atomic mass is 79.9. The van der Waals surface area contributed by atoms with Crippen LogP contribution in [0.2, 0.25) is 0 Å². The van der Waals surface area contributed by atoms with Crippen LogP contribution in [0, 0.1) is 0 Å². The number of hydrazine groups is 1. The van der Waals surface area contributed by atoms with Gasteiger partial charge in [0.2, 0.25) is 5.95 Å². The monoisotopic (exact) mass is 347 g/mol. The molecule has 0 bridgehead atoms. The quantitative estimate of drug-likeness (QED) is 0.548. The third-order valence-electron chi connectivity index (χ3n) is 2.48. The Morgan fingerprint density at radius 3 is 2.71 bits per heavy atom. The summed E-state index contributed by atoms with van der Waals surface area (Å²) in [6.45, 7) is 0. The summed E-state index contributed by atoms with van der Waals surface area (Å²) in [6.07, 6.45) is 3.32. The zero-order chi connectivity index (χ0) is 14.7. The van der Waals surface area contributed by atoms with Gasteiger partial charge in [0.25, 0.3) is 5.95 Å². The van der Waals surface area contributed by atoms with E-state index in [1.165, 1.54) is 4.68 Å². The lowest BCUT2D eigenvalue weighted by atomic mass is 10.3. The Labute approximate surface area is 128 Å². The van der Waals surface area contributed by atoms with Crippen molar-refractivity contribution in [3.8, 4) is 17.7 Å². The molecule has 3 N–H and O–H groups in total. The molecule has 106 valence electrons. The normalized spacial score (nSPS) is 10.4. The number of nitrogens with zero attached hydrogens (tertiary/aromatic N) is 5. The van der Waals surface area contributed by atoms with Crippen molar-refractivity contribution in [2.75, 3.05) is 5.43 Å². The van der Waals surface area contributed by atoms with Gasteiger partial charge in [-0.2, -0.15) is 20.1 Å². The number of nitrogen functional groups attached to an aromatic ring is 1. The van der Waals surface area contributed by atoms with Gasteiger partial charge in [-0.3, -0.25) is 5.43 Å². The molecule has 0 saturated heterocycles. The van der Waals surface area contributed by atoms with Crippen molar-refractivity contribution in [3.05, 3.63) is 47.2 Å². The van der Waals surface area contributed by atoms with Crippen LogP contribution in [0.4, 0.5) is 5.95 Å². The van der Waals surface area contributed by atoms with Gasteiger partial charge < -0.3 is 4.74 Å². The van der Waals surface area contributed by atoms with E-state index in [2.05, 4.69) is 41.4 Å². The first-order valence-electron chi connectivity index (χ1n) is 5.91. The molecule has 0 aliphatic carbocycles. The molecule has 3 rings (SSSR count). The summed E-state index contributed by atoms with van der Waals surface area (Å²) in [5, 5.41) is 4.06. The summed E-state index contributed by atoms with van der Waals surface area (Å²) in [5.41, 5.74) is 2.38. The molecule has 0 amide bonds. The number of benzene rings is 1. The first kappa shape index (κ1) is 13.5. The molecule has 0 saturated carbocycles. The second-order valence-corrected chi connectivity index (χ2v) is 4.72. The van der Waals surface area contributed by atoms with Crippen molar-refractivity contribution in [3.63, 3.8) is 0 Å². The highest BCUT2D eigenvalue weighted by molar-refractivity contribution is 9.10. The van der Waals surface area contributed by atoms with Gasteiger partial charge in [0.1, 0.15) is 5.75 Å². The van der Waals surface area contributed by atoms with Gasteiger partial charge in [0.15, 0.2) is 0 Å². The molecule has 0 unspecified atom stereocenters. The fourth-order valence-electron chi connectivity index (χ4n) is 1.57. The zero-order valence-electron chi connectivity index (χ0n) is 10.6. The van der Waals surface area contributed by atoms with Gasteiger partial charge in [-0.15, -0.1) is 0 Å². The fraction of sp³-hybridized carbons (Fsp3) is 0. The third kappa shape index (κ3) is 2.98. The number of ether oxygens (including phenoxy) is 1. The van der Waals surface area contributed by atoms with Crippen LogP contribution >= 0.6 is 15.9 Å². The average molecular weight is 348 g/mol. The van der Waals surface area contributed by atoms with E-state index in [4.69, 9.17) is 10.6 Å². The van der Waals surface area contributed by atoms with Crippen LogP contribution in [-0.2, 0) is 0 Å². The molecule has 1 aromatic carbocycles.